The SMILES string of the molecule is CC(C)(O)Cn1cnc2cc(B3OC(C)(C)C(C)(C)O3)ccc21. The maximum atomic E-state index is 10.0. The van der Waals surface area contributed by atoms with E-state index < -0.39 is 5.60 Å². The zero-order valence-electron chi connectivity index (χ0n) is 14.8. The fraction of sp³-hybridized carbons (Fsp3) is 0.588. The molecule has 1 N–H and O–H groups in total. The van der Waals surface area contributed by atoms with Gasteiger partial charge in [-0.25, -0.2) is 4.98 Å². The summed E-state index contributed by atoms with van der Waals surface area (Å²) in [5.74, 6) is 0. The molecule has 0 unspecified atom stereocenters. The molecular weight excluding hydrogens is 291 g/mol. The maximum absolute atomic E-state index is 10.0. The first-order chi connectivity index (χ1) is 10.5. The Labute approximate surface area is 137 Å². The molecule has 124 valence electrons. The first-order valence-electron chi connectivity index (χ1n) is 8.01. The van der Waals surface area contributed by atoms with Crippen LogP contribution >= 0.6 is 0 Å². The van der Waals surface area contributed by atoms with Crippen LogP contribution in [0.2, 0.25) is 0 Å². The smallest absolute Gasteiger partial charge is 0.399 e. The topological polar surface area (TPSA) is 56.5 Å². The second-order valence-corrected chi connectivity index (χ2v) is 8.02. The van der Waals surface area contributed by atoms with Crippen LogP contribution in [0.5, 0.6) is 0 Å². The van der Waals surface area contributed by atoms with Gasteiger partial charge < -0.3 is 19.0 Å². The van der Waals surface area contributed by atoms with Gasteiger partial charge in [-0.15, -0.1) is 0 Å². The highest BCUT2D eigenvalue weighted by molar-refractivity contribution is 6.62. The minimum atomic E-state index is -0.780. The third-order valence-electron chi connectivity index (χ3n) is 4.73. The molecule has 2 heterocycles. The summed E-state index contributed by atoms with van der Waals surface area (Å²) >= 11 is 0. The van der Waals surface area contributed by atoms with E-state index in [0.717, 1.165) is 16.5 Å². The second-order valence-electron chi connectivity index (χ2n) is 8.02. The van der Waals surface area contributed by atoms with E-state index in [2.05, 4.69) is 4.98 Å². The Bertz CT molecular complexity index is 715. The van der Waals surface area contributed by atoms with Gasteiger partial charge in [0.05, 0.1) is 40.7 Å². The van der Waals surface area contributed by atoms with Gasteiger partial charge in [0.1, 0.15) is 0 Å². The summed E-state index contributed by atoms with van der Waals surface area (Å²) in [5, 5.41) is 10.0. The molecule has 0 amide bonds. The highest BCUT2D eigenvalue weighted by Crippen LogP contribution is 2.36. The van der Waals surface area contributed by atoms with Crippen LogP contribution in [0.1, 0.15) is 41.5 Å². The van der Waals surface area contributed by atoms with Crippen molar-refractivity contribution in [3.63, 3.8) is 0 Å². The number of benzene rings is 1. The van der Waals surface area contributed by atoms with E-state index in [9.17, 15) is 5.11 Å². The number of hydrogen-bond donors (Lipinski definition) is 1. The molecule has 1 aliphatic rings. The summed E-state index contributed by atoms with van der Waals surface area (Å²) in [6.07, 6.45) is 1.76. The summed E-state index contributed by atoms with van der Waals surface area (Å²) in [6, 6.07) is 6.01. The van der Waals surface area contributed by atoms with E-state index in [1.54, 1.807) is 20.2 Å². The second kappa shape index (κ2) is 5.06. The molecule has 1 aromatic carbocycles. The number of nitrogens with zero attached hydrogens (tertiary/aromatic N) is 2. The fourth-order valence-corrected chi connectivity index (χ4v) is 2.75. The van der Waals surface area contributed by atoms with Crippen molar-refractivity contribution >= 4 is 23.6 Å². The minimum Gasteiger partial charge on any atom is -0.399 e. The van der Waals surface area contributed by atoms with Gasteiger partial charge in [-0.05, 0) is 59.1 Å². The lowest BCUT2D eigenvalue weighted by atomic mass is 9.79. The summed E-state index contributed by atoms with van der Waals surface area (Å²) in [5.41, 5.74) is 1.34. The van der Waals surface area contributed by atoms with Gasteiger partial charge in [0.2, 0.25) is 0 Å². The van der Waals surface area contributed by atoms with Gasteiger partial charge in [-0.3, -0.25) is 0 Å². The molecule has 1 saturated heterocycles. The zero-order valence-corrected chi connectivity index (χ0v) is 14.8. The molecule has 23 heavy (non-hydrogen) atoms. The Morgan fingerprint density at radius 1 is 1.17 bits per heavy atom. The molecule has 1 fully saturated rings. The summed E-state index contributed by atoms with van der Waals surface area (Å²) in [6.45, 7) is 12.3. The van der Waals surface area contributed by atoms with E-state index >= 15 is 0 Å². The summed E-state index contributed by atoms with van der Waals surface area (Å²) in [7, 11) is -0.385. The van der Waals surface area contributed by atoms with Crippen LogP contribution in [-0.4, -0.2) is 38.6 Å². The van der Waals surface area contributed by atoms with Crippen molar-refractivity contribution in [2.75, 3.05) is 0 Å². The van der Waals surface area contributed by atoms with Crippen LogP contribution < -0.4 is 5.46 Å². The van der Waals surface area contributed by atoms with Crippen molar-refractivity contribution in [2.45, 2.75) is 64.9 Å². The molecule has 6 heteroatoms. The van der Waals surface area contributed by atoms with Crippen molar-refractivity contribution in [3.8, 4) is 0 Å². The van der Waals surface area contributed by atoms with Crippen LogP contribution in [0.3, 0.4) is 0 Å². The van der Waals surface area contributed by atoms with Crippen molar-refractivity contribution in [3.05, 3.63) is 24.5 Å². The predicted molar refractivity (Wildman–Crippen MR) is 91.7 cm³/mol. The van der Waals surface area contributed by atoms with E-state index in [1.165, 1.54) is 0 Å². The Balaban J connectivity index is 1.91. The molecule has 5 nitrogen and oxygen atoms in total. The molecule has 2 aromatic rings. The summed E-state index contributed by atoms with van der Waals surface area (Å²) in [4.78, 5) is 4.45. The lowest BCUT2D eigenvalue weighted by Crippen LogP contribution is -2.41. The molecule has 0 bridgehead atoms. The number of fused-ring (bicyclic) bond motifs is 1. The van der Waals surface area contributed by atoms with E-state index in [0.29, 0.717) is 6.54 Å². The van der Waals surface area contributed by atoms with E-state index in [4.69, 9.17) is 9.31 Å². The Morgan fingerprint density at radius 3 is 2.35 bits per heavy atom. The summed E-state index contributed by atoms with van der Waals surface area (Å²) < 4.78 is 14.1. The van der Waals surface area contributed by atoms with E-state index in [1.807, 2.05) is 50.5 Å². The fourth-order valence-electron chi connectivity index (χ4n) is 2.75. The van der Waals surface area contributed by atoms with Crippen LogP contribution in [-0.2, 0) is 15.9 Å². The van der Waals surface area contributed by atoms with Crippen LogP contribution in [0, 0.1) is 0 Å². The standard InChI is InChI=1S/C17H25BN2O3/c1-15(2,21)10-20-11-19-13-9-12(7-8-14(13)20)18-22-16(3,4)17(5,6)23-18/h7-9,11,21H,10H2,1-6H3. The van der Waals surface area contributed by atoms with Crippen molar-refractivity contribution in [1.82, 2.24) is 9.55 Å². The van der Waals surface area contributed by atoms with E-state index in [-0.39, 0.29) is 18.3 Å². The first-order valence-corrected chi connectivity index (χ1v) is 8.01. The Hall–Kier alpha value is -1.37. The largest absolute Gasteiger partial charge is 0.494 e. The molecule has 0 atom stereocenters. The monoisotopic (exact) mass is 316 g/mol. The Morgan fingerprint density at radius 2 is 1.78 bits per heavy atom. The lowest BCUT2D eigenvalue weighted by molar-refractivity contribution is 0.00578. The molecule has 1 aliphatic heterocycles. The number of aromatic nitrogens is 2. The van der Waals surface area contributed by atoms with Crippen LogP contribution in [0.15, 0.2) is 24.5 Å². The van der Waals surface area contributed by atoms with Crippen LogP contribution in [0.25, 0.3) is 11.0 Å². The zero-order chi connectivity index (χ0) is 17.0. The normalized spacial score (nSPS) is 20.4. The highest BCUT2D eigenvalue weighted by atomic mass is 16.7. The van der Waals surface area contributed by atoms with Gasteiger partial charge in [-0.2, -0.15) is 0 Å². The molecule has 0 saturated carbocycles. The van der Waals surface area contributed by atoms with Gasteiger partial charge in [0.15, 0.2) is 0 Å². The number of imidazole rings is 1. The van der Waals surface area contributed by atoms with Gasteiger partial charge in [0, 0.05) is 0 Å². The molecule has 3 rings (SSSR count). The first kappa shape index (κ1) is 16.5. The predicted octanol–water partition coefficient (Wildman–Crippen LogP) is 2.11. The minimum absolute atomic E-state index is 0.354. The molecule has 0 spiro atoms. The van der Waals surface area contributed by atoms with Crippen LogP contribution in [0.4, 0.5) is 0 Å². The quantitative estimate of drug-likeness (QED) is 0.881. The molecule has 1 aromatic heterocycles. The lowest BCUT2D eigenvalue weighted by Gasteiger charge is -2.32. The average Bonchev–Trinajstić information content (AvgIpc) is 2.86. The molecular formula is C17H25BN2O3. The van der Waals surface area contributed by atoms with Crippen molar-refractivity contribution in [2.24, 2.45) is 0 Å². The van der Waals surface area contributed by atoms with Gasteiger partial charge in [-0.1, -0.05) is 6.07 Å². The highest BCUT2D eigenvalue weighted by Gasteiger charge is 2.51. The average molecular weight is 316 g/mol. The Kier molecular flexibility index (Phi) is 3.63. The number of aliphatic hydroxyl groups is 1. The third kappa shape index (κ3) is 3.03. The molecule has 0 radical (unpaired) electrons. The van der Waals surface area contributed by atoms with Gasteiger partial charge in [0.25, 0.3) is 0 Å². The molecule has 0 aliphatic carbocycles. The third-order valence-corrected chi connectivity index (χ3v) is 4.73. The maximum Gasteiger partial charge on any atom is 0.494 e. The van der Waals surface area contributed by atoms with Crippen molar-refractivity contribution < 1.29 is 14.4 Å². The number of hydrogen-bond acceptors (Lipinski definition) is 4. The van der Waals surface area contributed by atoms with Gasteiger partial charge >= 0.3 is 7.12 Å². The van der Waals surface area contributed by atoms with Crippen molar-refractivity contribution in [1.29, 1.82) is 0 Å². The number of rotatable bonds is 3.